The molecule has 0 aliphatic heterocycles. The molecule has 0 saturated heterocycles. The smallest absolute Gasteiger partial charge is 0.326 e. The summed E-state index contributed by atoms with van der Waals surface area (Å²) in [7, 11) is 0. The molecule has 0 saturated carbocycles. The molecule has 3 rings (SSSR count). The molecular formula is C17H22N2O3S. The van der Waals surface area contributed by atoms with Crippen LogP contribution in [0.25, 0.3) is 10.2 Å². The van der Waals surface area contributed by atoms with E-state index in [9.17, 15) is 9.59 Å². The molecule has 6 heteroatoms. The first-order valence-electron chi connectivity index (χ1n) is 7.96. The topological polar surface area (TPSA) is 61.2 Å². The van der Waals surface area contributed by atoms with Gasteiger partial charge in [0.15, 0.2) is 0 Å². The lowest BCUT2D eigenvalue weighted by atomic mass is 9.89. The van der Waals surface area contributed by atoms with Gasteiger partial charge in [0.05, 0.1) is 11.7 Å². The van der Waals surface area contributed by atoms with Crippen LogP contribution in [0.5, 0.6) is 0 Å². The molecule has 0 fully saturated rings. The average Bonchev–Trinajstić information content (AvgIpc) is 2.78. The lowest BCUT2D eigenvalue weighted by molar-refractivity contribution is -0.155. The van der Waals surface area contributed by atoms with Gasteiger partial charge in [-0.1, -0.05) is 6.92 Å². The number of aromatic nitrogens is 2. The van der Waals surface area contributed by atoms with Crippen LogP contribution in [-0.2, 0) is 28.9 Å². The van der Waals surface area contributed by atoms with Gasteiger partial charge < -0.3 is 4.74 Å². The average molecular weight is 334 g/mol. The summed E-state index contributed by atoms with van der Waals surface area (Å²) in [6.45, 7) is 7.57. The third kappa shape index (κ3) is 3.32. The van der Waals surface area contributed by atoms with Crippen molar-refractivity contribution in [3.05, 3.63) is 27.1 Å². The van der Waals surface area contributed by atoms with Crippen LogP contribution in [0.1, 0.15) is 44.6 Å². The Bertz CT molecular complexity index is 814. The second-order valence-electron chi connectivity index (χ2n) is 7.30. The van der Waals surface area contributed by atoms with Crippen LogP contribution in [0.4, 0.5) is 0 Å². The summed E-state index contributed by atoms with van der Waals surface area (Å²) in [6.07, 6.45) is 4.49. The minimum atomic E-state index is -0.560. The Labute approximate surface area is 139 Å². The highest BCUT2D eigenvalue weighted by Gasteiger charge is 2.24. The normalized spacial score (nSPS) is 18.0. The van der Waals surface area contributed by atoms with Crippen LogP contribution in [0.3, 0.4) is 0 Å². The number of esters is 1. The second-order valence-corrected chi connectivity index (χ2v) is 8.38. The number of carbonyl (C=O) groups is 1. The Morgan fingerprint density at radius 2 is 2.22 bits per heavy atom. The summed E-state index contributed by atoms with van der Waals surface area (Å²) >= 11 is 1.61. The van der Waals surface area contributed by atoms with Crippen molar-refractivity contribution in [1.29, 1.82) is 0 Å². The Balaban J connectivity index is 1.96. The Morgan fingerprint density at radius 3 is 2.91 bits per heavy atom. The first kappa shape index (κ1) is 16.2. The van der Waals surface area contributed by atoms with Crippen molar-refractivity contribution < 1.29 is 9.53 Å². The molecular weight excluding hydrogens is 312 g/mol. The summed E-state index contributed by atoms with van der Waals surface area (Å²) < 4.78 is 6.66. The molecule has 0 aromatic carbocycles. The quantitative estimate of drug-likeness (QED) is 0.792. The van der Waals surface area contributed by atoms with Crippen molar-refractivity contribution in [3.63, 3.8) is 0 Å². The van der Waals surface area contributed by atoms with Crippen LogP contribution >= 0.6 is 11.3 Å². The fourth-order valence-electron chi connectivity index (χ4n) is 2.99. The maximum Gasteiger partial charge on any atom is 0.326 e. The molecule has 5 nitrogen and oxygen atoms in total. The highest BCUT2D eigenvalue weighted by Crippen LogP contribution is 2.35. The van der Waals surface area contributed by atoms with Gasteiger partial charge >= 0.3 is 5.97 Å². The number of ether oxygens (including phenoxy) is 1. The largest absolute Gasteiger partial charge is 0.459 e. The third-order valence-electron chi connectivity index (χ3n) is 4.00. The molecule has 1 aliphatic rings. The molecule has 0 spiro atoms. The number of nitrogens with zero attached hydrogens (tertiary/aromatic N) is 2. The van der Waals surface area contributed by atoms with E-state index in [4.69, 9.17) is 4.74 Å². The van der Waals surface area contributed by atoms with Crippen molar-refractivity contribution >= 4 is 27.5 Å². The van der Waals surface area contributed by atoms with Gasteiger partial charge in [-0.2, -0.15) is 0 Å². The Morgan fingerprint density at radius 1 is 1.48 bits per heavy atom. The second kappa shape index (κ2) is 5.74. The number of rotatable bonds is 2. The minimum Gasteiger partial charge on any atom is -0.459 e. The number of aryl methyl sites for hydroxylation is 1. The van der Waals surface area contributed by atoms with Gasteiger partial charge in [-0.25, -0.2) is 4.98 Å². The van der Waals surface area contributed by atoms with E-state index in [0.717, 1.165) is 29.7 Å². The Kier molecular flexibility index (Phi) is 4.04. The first-order chi connectivity index (χ1) is 10.7. The molecule has 0 amide bonds. The monoisotopic (exact) mass is 334 g/mol. The molecule has 2 aromatic rings. The molecule has 1 atom stereocenters. The summed E-state index contributed by atoms with van der Waals surface area (Å²) in [4.78, 5) is 31.2. The van der Waals surface area contributed by atoms with Crippen molar-refractivity contribution in [1.82, 2.24) is 9.55 Å². The van der Waals surface area contributed by atoms with E-state index in [0.29, 0.717) is 11.3 Å². The van der Waals surface area contributed by atoms with Crippen LogP contribution in [-0.4, -0.2) is 21.1 Å². The van der Waals surface area contributed by atoms with Crippen LogP contribution in [0.15, 0.2) is 11.1 Å². The summed E-state index contributed by atoms with van der Waals surface area (Å²) in [5.74, 6) is 0.234. The molecule has 0 bridgehead atoms. The van der Waals surface area contributed by atoms with E-state index >= 15 is 0 Å². The van der Waals surface area contributed by atoms with Gasteiger partial charge in [-0.3, -0.25) is 14.2 Å². The number of hydrogen-bond acceptors (Lipinski definition) is 5. The van der Waals surface area contributed by atoms with E-state index in [1.165, 1.54) is 15.8 Å². The van der Waals surface area contributed by atoms with Gasteiger partial charge in [0.1, 0.15) is 17.0 Å². The van der Waals surface area contributed by atoms with Crippen molar-refractivity contribution in [3.8, 4) is 0 Å². The van der Waals surface area contributed by atoms with E-state index in [1.807, 2.05) is 20.8 Å². The zero-order valence-electron chi connectivity index (χ0n) is 14.0. The van der Waals surface area contributed by atoms with Gasteiger partial charge in [0.2, 0.25) is 0 Å². The summed E-state index contributed by atoms with van der Waals surface area (Å²) in [5, 5.41) is 0.697. The van der Waals surface area contributed by atoms with Crippen molar-refractivity contribution in [2.45, 2.75) is 59.1 Å². The predicted octanol–water partition coefficient (Wildman–Crippen LogP) is 2.92. The maximum absolute atomic E-state index is 12.8. The SMILES string of the molecule is C[C@H]1CCc2c(sc3ncn(CC(=O)OC(C)(C)C)c(=O)c23)C1. The van der Waals surface area contributed by atoms with E-state index in [1.54, 1.807) is 11.3 Å². The van der Waals surface area contributed by atoms with Crippen molar-refractivity contribution in [2.24, 2.45) is 5.92 Å². The zero-order chi connectivity index (χ0) is 16.8. The molecule has 124 valence electrons. The maximum atomic E-state index is 12.8. The number of thiophene rings is 1. The highest BCUT2D eigenvalue weighted by molar-refractivity contribution is 7.18. The van der Waals surface area contributed by atoms with Crippen molar-refractivity contribution in [2.75, 3.05) is 0 Å². The lowest BCUT2D eigenvalue weighted by Gasteiger charge is -2.19. The lowest BCUT2D eigenvalue weighted by Crippen LogP contribution is -2.30. The highest BCUT2D eigenvalue weighted by atomic mass is 32.1. The molecule has 0 N–H and O–H groups in total. The molecule has 1 aliphatic carbocycles. The molecule has 23 heavy (non-hydrogen) atoms. The molecule has 0 radical (unpaired) electrons. The van der Waals surface area contributed by atoms with Gasteiger partial charge in [-0.05, 0) is 51.5 Å². The number of carbonyl (C=O) groups excluding carboxylic acids is 1. The number of hydrogen-bond donors (Lipinski definition) is 0. The summed E-state index contributed by atoms with van der Waals surface area (Å²) in [6, 6.07) is 0. The van der Waals surface area contributed by atoms with Crippen LogP contribution < -0.4 is 5.56 Å². The van der Waals surface area contributed by atoms with Crippen LogP contribution in [0, 0.1) is 5.92 Å². The van der Waals surface area contributed by atoms with Gasteiger partial charge in [0, 0.05) is 4.88 Å². The molecule has 0 unspecified atom stereocenters. The Hall–Kier alpha value is -1.69. The molecule has 2 aromatic heterocycles. The summed E-state index contributed by atoms with van der Waals surface area (Å²) in [5.41, 5.74) is 0.447. The zero-order valence-corrected chi connectivity index (χ0v) is 14.8. The number of fused-ring (bicyclic) bond motifs is 3. The van der Waals surface area contributed by atoms with E-state index in [-0.39, 0.29) is 12.1 Å². The predicted molar refractivity (Wildman–Crippen MR) is 90.9 cm³/mol. The van der Waals surface area contributed by atoms with Gasteiger partial charge in [-0.15, -0.1) is 11.3 Å². The first-order valence-corrected chi connectivity index (χ1v) is 8.78. The fraction of sp³-hybridized carbons (Fsp3) is 0.588. The van der Waals surface area contributed by atoms with Gasteiger partial charge in [0.25, 0.3) is 5.56 Å². The molecule has 2 heterocycles. The van der Waals surface area contributed by atoms with Crippen LogP contribution in [0.2, 0.25) is 0 Å². The standard InChI is InChI=1S/C17H22N2O3S/c1-10-5-6-11-12(7-10)23-15-14(11)16(21)19(9-18-15)8-13(20)22-17(2,3)4/h9-10H,5-8H2,1-4H3/t10-/m0/s1. The van der Waals surface area contributed by atoms with E-state index < -0.39 is 11.6 Å². The fourth-order valence-corrected chi connectivity index (χ4v) is 4.33. The minimum absolute atomic E-state index is 0.0972. The third-order valence-corrected chi connectivity index (χ3v) is 5.16. The van der Waals surface area contributed by atoms with E-state index in [2.05, 4.69) is 11.9 Å².